The fraction of sp³-hybridized carbons (Fsp3) is 0.167. The van der Waals surface area contributed by atoms with Gasteiger partial charge >= 0.3 is 12.1 Å². The number of nitrogens with zero attached hydrogens (tertiary/aromatic N) is 3. The average Bonchev–Trinajstić information content (AvgIpc) is 3.61. The smallest absolute Gasteiger partial charge is 0.416 e. The van der Waals surface area contributed by atoms with E-state index in [4.69, 9.17) is 10.8 Å². The second-order valence-corrected chi connectivity index (χ2v) is 10.1. The van der Waals surface area contributed by atoms with Crippen LogP contribution in [0.4, 0.5) is 24.5 Å². The molecule has 44 heavy (non-hydrogen) atoms. The Balaban J connectivity index is 1.28. The first-order chi connectivity index (χ1) is 20.9. The predicted molar refractivity (Wildman–Crippen MR) is 156 cm³/mol. The molecule has 0 radical (unpaired) electrons. The molecule has 2 heterocycles. The van der Waals surface area contributed by atoms with Crippen molar-refractivity contribution in [3.05, 3.63) is 101 Å². The Bertz CT molecular complexity index is 1880. The first-order valence-electron chi connectivity index (χ1n) is 13.2. The molecule has 0 unspecified atom stereocenters. The van der Waals surface area contributed by atoms with Crippen LogP contribution in [0.15, 0.2) is 73.2 Å². The van der Waals surface area contributed by atoms with Crippen molar-refractivity contribution >= 4 is 39.9 Å². The van der Waals surface area contributed by atoms with Crippen molar-refractivity contribution in [1.82, 2.24) is 19.7 Å². The number of rotatable bonds is 10. The van der Waals surface area contributed by atoms with Crippen molar-refractivity contribution in [3.8, 4) is 5.69 Å². The number of alkyl halides is 3. The van der Waals surface area contributed by atoms with Crippen LogP contribution in [0, 0.1) is 6.92 Å². The van der Waals surface area contributed by atoms with Crippen LogP contribution in [0.1, 0.15) is 44.1 Å². The van der Waals surface area contributed by atoms with E-state index < -0.39 is 35.4 Å². The van der Waals surface area contributed by atoms with Gasteiger partial charge < -0.3 is 26.0 Å². The lowest BCUT2D eigenvalue weighted by Gasteiger charge is -2.14. The highest BCUT2D eigenvalue weighted by molar-refractivity contribution is 6.07. The number of fused-ring (bicyclic) bond motifs is 1. The molecular formula is C30H26F3N7O4. The maximum atomic E-state index is 13.6. The first-order valence-corrected chi connectivity index (χ1v) is 13.2. The molecule has 226 valence electrons. The van der Waals surface area contributed by atoms with Crippen LogP contribution in [0.25, 0.3) is 16.6 Å². The molecule has 5 aromatic rings. The third-order valence-electron chi connectivity index (χ3n) is 6.84. The third-order valence-corrected chi connectivity index (χ3v) is 6.84. The summed E-state index contributed by atoms with van der Waals surface area (Å²) in [5.41, 5.74) is 7.60. The SMILES string of the molecule is Cc1cncn1-c1cc(C(=O)Nc2cccc(CNc3ccc4c(C(=O)C[C@H](N)C(=O)O)n[nH]c4c3)c2)cc(C(F)(F)F)c1. The largest absolute Gasteiger partial charge is 0.480 e. The summed E-state index contributed by atoms with van der Waals surface area (Å²) in [6.07, 6.45) is -2.16. The lowest BCUT2D eigenvalue weighted by atomic mass is 10.1. The number of aryl methyl sites for hydroxylation is 1. The molecule has 1 atom stereocenters. The summed E-state index contributed by atoms with van der Waals surface area (Å²) in [7, 11) is 0. The van der Waals surface area contributed by atoms with Crippen molar-refractivity contribution in [3.63, 3.8) is 0 Å². The van der Waals surface area contributed by atoms with E-state index in [2.05, 4.69) is 25.8 Å². The van der Waals surface area contributed by atoms with Gasteiger partial charge in [0.15, 0.2) is 5.78 Å². The molecule has 1 amide bonds. The number of anilines is 2. The van der Waals surface area contributed by atoms with Gasteiger partial charge in [-0.3, -0.25) is 19.5 Å². The summed E-state index contributed by atoms with van der Waals surface area (Å²) < 4.78 is 42.4. The van der Waals surface area contributed by atoms with Crippen molar-refractivity contribution in [2.45, 2.75) is 32.1 Å². The number of nitrogens with two attached hydrogens (primary N) is 1. The summed E-state index contributed by atoms with van der Waals surface area (Å²) in [5, 5.41) is 22.2. The summed E-state index contributed by atoms with van der Waals surface area (Å²) in [4.78, 5) is 40.4. The molecule has 0 fully saturated rings. The topological polar surface area (TPSA) is 168 Å². The first kappa shape index (κ1) is 30.0. The van der Waals surface area contributed by atoms with E-state index >= 15 is 0 Å². The van der Waals surface area contributed by atoms with Crippen LogP contribution in [-0.4, -0.2) is 48.6 Å². The summed E-state index contributed by atoms with van der Waals surface area (Å²) >= 11 is 0. The summed E-state index contributed by atoms with van der Waals surface area (Å²) in [5.74, 6) is -2.48. The number of nitrogens with one attached hydrogen (secondary N) is 3. The lowest BCUT2D eigenvalue weighted by Crippen LogP contribution is -2.32. The number of carbonyl (C=O) groups excluding carboxylic acids is 2. The van der Waals surface area contributed by atoms with Gasteiger partial charge in [0.05, 0.1) is 17.4 Å². The highest BCUT2D eigenvalue weighted by Gasteiger charge is 2.32. The number of aromatic nitrogens is 4. The minimum atomic E-state index is -4.66. The van der Waals surface area contributed by atoms with Crippen LogP contribution in [0.2, 0.25) is 0 Å². The molecule has 0 aliphatic carbocycles. The van der Waals surface area contributed by atoms with E-state index in [0.717, 1.165) is 17.7 Å². The molecule has 0 bridgehead atoms. The molecule has 14 heteroatoms. The molecule has 3 aromatic carbocycles. The zero-order valence-electron chi connectivity index (χ0n) is 23.1. The van der Waals surface area contributed by atoms with Crippen LogP contribution < -0.4 is 16.4 Å². The quantitative estimate of drug-likeness (QED) is 0.140. The Kier molecular flexibility index (Phi) is 8.18. The molecule has 0 aliphatic heterocycles. The highest BCUT2D eigenvalue weighted by atomic mass is 19.4. The lowest BCUT2D eigenvalue weighted by molar-refractivity contribution is -0.139. The highest BCUT2D eigenvalue weighted by Crippen LogP contribution is 2.32. The molecule has 0 aliphatic rings. The average molecular weight is 606 g/mol. The Morgan fingerprint density at radius 2 is 1.86 bits per heavy atom. The summed E-state index contributed by atoms with van der Waals surface area (Å²) in [6, 6.07) is 13.8. The maximum absolute atomic E-state index is 13.6. The normalized spacial score (nSPS) is 12.2. The number of hydrogen-bond donors (Lipinski definition) is 5. The van der Waals surface area contributed by atoms with Gasteiger partial charge in [0.2, 0.25) is 0 Å². The Morgan fingerprint density at radius 1 is 1.07 bits per heavy atom. The minimum absolute atomic E-state index is 0.0970. The molecule has 6 N–H and O–H groups in total. The van der Waals surface area contributed by atoms with Gasteiger partial charge in [0, 0.05) is 52.9 Å². The summed E-state index contributed by atoms with van der Waals surface area (Å²) in [6.45, 7) is 2.02. The van der Waals surface area contributed by atoms with E-state index in [9.17, 15) is 27.6 Å². The molecule has 5 rings (SSSR count). The number of halogens is 3. The Labute approximate surface area is 247 Å². The van der Waals surface area contributed by atoms with Gasteiger partial charge in [0.25, 0.3) is 5.91 Å². The maximum Gasteiger partial charge on any atom is 0.416 e. The van der Waals surface area contributed by atoms with Gasteiger partial charge in [0.1, 0.15) is 11.7 Å². The van der Waals surface area contributed by atoms with Crippen LogP contribution >= 0.6 is 0 Å². The Morgan fingerprint density at radius 3 is 2.57 bits per heavy atom. The second-order valence-electron chi connectivity index (χ2n) is 10.1. The number of aromatic amines is 1. The fourth-order valence-electron chi connectivity index (χ4n) is 4.57. The molecule has 11 nitrogen and oxygen atoms in total. The minimum Gasteiger partial charge on any atom is -0.480 e. The number of H-pyrrole nitrogens is 1. The van der Waals surface area contributed by atoms with E-state index in [1.807, 2.05) is 6.07 Å². The van der Waals surface area contributed by atoms with Crippen molar-refractivity contribution < 1.29 is 32.7 Å². The molecular weight excluding hydrogens is 579 g/mol. The van der Waals surface area contributed by atoms with E-state index in [1.54, 1.807) is 43.3 Å². The van der Waals surface area contributed by atoms with Crippen molar-refractivity contribution in [2.75, 3.05) is 10.6 Å². The van der Waals surface area contributed by atoms with E-state index in [-0.39, 0.29) is 23.4 Å². The third kappa shape index (κ3) is 6.60. The van der Waals surface area contributed by atoms with E-state index in [1.165, 1.54) is 23.2 Å². The Hall–Kier alpha value is -5.50. The van der Waals surface area contributed by atoms with Gasteiger partial charge in [-0.25, -0.2) is 4.98 Å². The number of hydrogen-bond acceptors (Lipinski definition) is 7. The zero-order chi connectivity index (χ0) is 31.6. The van der Waals surface area contributed by atoms with E-state index in [0.29, 0.717) is 34.5 Å². The van der Waals surface area contributed by atoms with Gasteiger partial charge in [-0.15, -0.1) is 0 Å². The number of carbonyl (C=O) groups is 3. The molecule has 2 aromatic heterocycles. The number of amides is 1. The van der Waals surface area contributed by atoms with Crippen molar-refractivity contribution in [2.24, 2.45) is 5.73 Å². The van der Waals surface area contributed by atoms with Gasteiger partial charge in [-0.1, -0.05) is 12.1 Å². The molecule has 0 saturated carbocycles. The van der Waals surface area contributed by atoms with Gasteiger partial charge in [-0.2, -0.15) is 18.3 Å². The number of ketones is 1. The standard InChI is InChI=1S/C30H26F3N7O4/c1-16-13-35-15-40(16)22-9-18(8-19(10-22)30(31,32)33)28(42)37-21-4-2-3-17(7-21)14-36-20-5-6-23-25(11-20)38-39-27(23)26(41)12-24(34)29(43)44/h2-11,13,15,24,36H,12,14,34H2,1H3,(H,37,42)(H,38,39)(H,43,44)/t24-/m0/s1. The fourth-order valence-corrected chi connectivity index (χ4v) is 4.57. The predicted octanol–water partition coefficient (Wildman–Crippen LogP) is 4.92. The number of carboxylic acids is 1. The van der Waals surface area contributed by atoms with Crippen molar-refractivity contribution in [1.29, 1.82) is 0 Å². The van der Waals surface area contributed by atoms with Crippen LogP contribution in [0.3, 0.4) is 0 Å². The monoisotopic (exact) mass is 605 g/mol. The number of aliphatic carboxylic acids is 1. The molecule has 0 saturated heterocycles. The van der Waals surface area contributed by atoms with Gasteiger partial charge in [-0.05, 0) is 61.0 Å². The number of benzene rings is 3. The number of carboxylic acid groups (broad SMARTS) is 1. The second kappa shape index (κ2) is 12.0. The van der Waals surface area contributed by atoms with Crippen LogP contribution in [-0.2, 0) is 17.5 Å². The number of Topliss-reactive ketones (excluding diaryl/α,β-unsaturated/α-hetero) is 1. The number of imidazole rings is 1. The zero-order valence-corrected chi connectivity index (χ0v) is 23.1. The molecule has 0 spiro atoms. The van der Waals surface area contributed by atoms with Crippen LogP contribution in [0.5, 0.6) is 0 Å².